The average molecular weight is 360 g/mol. The molecule has 0 amide bonds. The maximum atomic E-state index is 13.2. The molecular formula is C23H20O2S. The summed E-state index contributed by atoms with van der Waals surface area (Å²) in [6, 6.07) is 29.0. The van der Waals surface area contributed by atoms with Crippen molar-refractivity contribution >= 4 is 15.4 Å². The molecule has 3 aromatic rings. The molecule has 1 aliphatic carbocycles. The smallest absolute Gasteiger partial charge is 0.185 e. The lowest BCUT2D eigenvalue weighted by molar-refractivity contribution is 0.557. The summed E-state index contributed by atoms with van der Waals surface area (Å²) in [6.45, 7) is 0. The molecule has 0 saturated heterocycles. The van der Waals surface area contributed by atoms with Gasteiger partial charge in [-0.1, -0.05) is 78.9 Å². The van der Waals surface area contributed by atoms with Gasteiger partial charge in [0.25, 0.3) is 0 Å². The van der Waals surface area contributed by atoms with E-state index >= 15 is 0 Å². The first kappa shape index (κ1) is 16.8. The number of benzene rings is 3. The second-order valence-electron chi connectivity index (χ2n) is 6.52. The standard InChI is InChI=1S/C23H20O2S/c24-26(25,20-14-8-3-9-15-20)22-17-16-21(22)23(18-10-4-1-5-11-18)19-12-6-2-7-13-19/h1-15,22H,16-17H2. The van der Waals surface area contributed by atoms with Crippen LogP contribution in [0.4, 0.5) is 0 Å². The summed E-state index contributed by atoms with van der Waals surface area (Å²) >= 11 is 0. The van der Waals surface area contributed by atoms with Gasteiger partial charge in [0.05, 0.1) is 10.1 Å². The van der Waals surface area contributed by atoms with Crippen LogP contribution in [-0.4, -0.2) is 13.7 Å². The largest absolute Gasteiger partial charge is 0.223 e. The minimum absolute atomic E-state index is 0.405. The molecule has 0 heterocycles. The third-order valence-corrected chi connectivity index (χ3v) is 7.16. The normalized spacial score (nSPS) is 16.8. The molecule has 1 atom stereocenters. The maximum absolute atomic E-state index is 13.2. The summed E-state index contributed by atoms with van der Waals surface area (Å²) in [6.07, 6.45) is 1.49. The summed E-state index contributed by atoms with van der Waals surface area (Å²) in [5.41, 5.74) is 4.22. The van der Waals surface area contributed by atoms with Crippen LogP contribution in [0.3, 0.4) is 0 Å². The van der Waals surface area contributed by atoms with E-state index in [2.05, 4.69) is 24.3 Å². The van der Waals surface area contributed by atoms with Crippen molar-refractivity contribution in [2.75, 3.05) is 0 Å². The Hall–Kier alpha value is -2.65. The average Bonchev–Trinajstić information content (AvgIpc) is 2.67. The molecular weight excluding hydrogens is 340 g/mol. The van der Waals surface area contributed by atoms with E-state index in [1.165, 1.54) is 0 Å². The Morgan fingerprint density at radius 3 is 1.58 bits per heavy atom. The molecule has 1 unspecified atom stereocenters. The quantitative estimate of drug-likeness (QED) is 0.647. The second kappa shape index (κ2) is 6.93. The van der Waals surface area contributed by atoms with Gasteiger partial charge in [0.15, 0.2) is 9.84 Å². The molecule has 0 aromatic heterocycles. The minimum Gasteiger partial charge on any atom is -0.223 e. The Morgan fingerprint density at radius 2 is 1.15 bits per heavy atom. The van der Waals surface area contributed by atoms with Crippen LogP contribution in [-0.2, 0) is 9.84 Å². The molecule has 0 N–H and O–H groups in total. The van der Waals surface area contributed by atoms with Crippen LogP contribution in [0.2, 0.25) is 0 Å². The first-order valence-corrected chi connectivity index (χ1v) is 10.4. The molecule has 130 valence electrons. The highest BCUT2D eigenvalue weighted by Gasteiger charge is 2.39. The fourth-order valence-corrected chi connectivity index (χ4v) is 5.46. The zero-order valence-corrected chi connectivity index (χ0v) is 15.2. The third-order valence-electron chi connectivity index (χ3n) is 4.96. The molecule has 1 aliphatic rings. The first-order valence-electron chi connectivity index (χ1n) is 8.81. The van der Waals surface area contributed by atoms with E-state index in [-0.39, 0.29) is 0 Å². The molecule has 1 saturated carbocycles. The van der Waals surface area contributed by atoms with Gasteiger partial charge in [0.1, 0.15) is 0 Å². The Labute approximate surface area is 154 Å². The van der Waals surface area contributed by atoms with Crippen molar-refractivity contribution in [1.29, 1.82) is 0 Å². The highest BCUT2D eigenvalue weighted by atomic mass is 32.2. The summed E-state index contributed by atoms with van der Waals surface area (Å²) < 4.78 is 26.3. The fraction of sp³-hybridized carbons (Fsp3) is 0.130. The van der Waals surface area contributed by atoms with Crippen LogP contribution in [0.25, 0.3) is 5.57 Å². The zero-order chi connectivity index (χ0) is 18.0. The molecule has 1 fully saturated rings. The molecule has 3 aromatic carbocycles. The van der Waals surface area contributed by atoms with Crippen LogP contribution in [0.15, 0.2) is 101 Å². The predicted octanol–water partition coefficient (Wildman–Crippen LogP) is 5.12. The van der Waals surface area contributed by atoms with Crippen molar-refractivity contribution in [3.05, 3.63) is 108 Å². The van der Waals surface area contributed by atoms with E-state index in [1.54, 1.807) is 24.3 Å². The second-order valence-corrected chi connectivity index (χ2v) is 8.65. The number of rotatable bonds is 4. The van der Waals surface area contributed by atoms with Gasteiger partial charge >= 0.3 is 0 Å². The lowest BCUT2D eigenvalue weighted by Gasteiger charge is -2.33. The molecule has 0 radical (unpaired) electrons. The van der Waals surface area contributed by atoms with Crippen molar-refractivity contribution in [2.24, 2.45) is 0 Å². The summed E-state index contributed by atoms with van der Waals surface area (Å²) in [5.74, 6) is 0. The summed E-state index contributed by atoms with van der Waals surface area (Å²) in [5, 5.41) is -0.444. The first-order chi connectivity index (χ1) is 12.7. The third kappa shape index (κ3) is 2.99. The summed E-state index contributed by atoms with van der Waals surface area (Å²) in [4.78, 5) is 0.405. The molecule has 2 nitrogen and oxygen atoms in total. The topological polar surface area (TPSA) is 34.1 Å². The molecule has 0 bridgehead atoms. The molecule has 0 spiro atoms. The van der Waals surface area contributed by atoms with Gasteiger partial charge in [-0.3, -0.25) is 0 Å². The van der Waals surface area contributed by atoms with E-state index in [1.807, 2.05) is 42.5 Å². The minimum atomic E-state index is -3.37. The Bertz CT molecular complexity index is 980. The van der Waals surface area contributed by atoms with Crippen LogP contribution < -0.4 is 0 Å². The Balaban J connectivity index is 1.86. The Kier molecular flexibility index (Phi) is 4.48. The van der Waals surface area contributed by atoms with Crippen molar-refractivity contribution in [1.82, 2.24) is 0 Å². The SMILES string of the molecule is O=S(=O)(c1ccccc1)C1CCC1=C(c1ccccc1)c1ccccc1. The number of hydrogen-bond donors (Lipinski definition) is 0. The monoisotopic (exact) mass is 360 g/mol. The van der Waals surface area contributed by atoms with Gasteiger partial charge in [-0.15, -0.1) is 0 Å². The van der Waals surface area contributed by atoms with Crippen molar-refractivity contribution < 1.29 is 8.42 Å². The molecule has 3 heteroatoms. The van der Waals surface area contributed by atoms with Gasteiger partial charge in [-0.05, 0) is 47.2 Å². The van der Waals surface area contributed by atoms with E-state index < -0.39 is 15.1 Å². The van der Waals surface area contributed by atoms with Crippen molar-refractivity contribution in [3.8, 4) is 0 Å². The maximum Gasteiger partial charge on any atom is 0.185 e. The lowest BCUT2D eigenvalue weighted by Crippen LogP contribution is -2.32. The summed E-state index contributed by atoms with van der Waals surface area (Å²) in [7, 11) is -3.37. The van der Waals surface area contributed by atoms with Crippen molar-refractivity contribution in [3.63, 3.8) is 0 Å². The lowest BCUT2D eigenvalue weighted by atomic mass is 9.82. The van der Waals surface area contributed by atoms with Gasteiger partial charge < -0.3 is 0 Å². The van der Waals surface area contributed by atoms with Gasteiger partial charge in [-0.2, -0.15) is 0 Å². The fourth-order valence-electron chi connectivity index (χ4n) is 3.56. The van der Waals surface area contributed by atoms with E-state index in [4.69, 9.17) is 0 Å². The van der Waals surface area contributed by atoms with E-state index in [9.17, 15) is 8.42 Å². The van der Waals surface area contributed by atoms with E-state index in [0.29, 0.717) is 11.3 Å². The Morgan fingerprint density at radius 1 is 0.692 bits per heavy atom. The van der Waals surface area contributed by atoms with Crippen LogP contribution >= 0.6 is 0 Å². The van der Waals surface area contributed by atoms with E-state index in [0.717, 1.165) is 28.7 Å². The van der Waals surface area contributed by atoms with Crippen LogP contribution in [0, 0.1) is 0 Å². The number of sulfone groups is 1. The molecule has 4 rings (SSSR count). The highest BCUT2D eigenvalue weighted by molar-refractivity contribution is 7.92. The highest BCUT2D eigenvalue weighted by Crippen LogP contribution is 2.43. The molecule has 0 aliphatic heterocycles. The van der Waals surface area contributed by atoms with Crippen LogP contribution in [0.5, 0.6) is 0 Å². The van der Waals surface area contributed by atoms with Crippen molar-refractivity contribution in [2.45, 2.75) is 23.0 Å². The van der Waals surface area contributed by atoms with Gasteiger partial charge in [0, 0.05) is 0 Å². The predicted molar refractivity (Wildman–Crippen MR) is 106 cm³/mol. The van der Waals surface area contributed by atoms with Gasteiger partial charge in [-0.25, -0.2) is 8.42 Å². The number of hydrogen-bond acceptors (Lipinski definition) is 2. The molecule has 26 heavy (non-hydrogen) atoms. The van der Waals surface area contributed by atoms with Gasteiger partial charge in [0.2, 0.25) is 0 Å². The van der Waals surface area contributed by atoms with Crippen LogP contribution in [0.1, 0.15) is 24.0 Å². The zero-order valence-electron chi connectivity index (χ0n) is 14.4.